The minimum absolute atomic E-state index is 0.407. The molecule has 3 nitrogen and oxygen atoms in total. The van der Waals surface area contributed by atoms with Gasteiger partial charge in [0.05, 0.1) is 19.4 Å². The van der Waals surface area contributed by atoms with Crippen LogP contribution in [-0.2, 0) is 9.53 Å². The third kappa shape index (κ3) is 3.86. The maximum Gasteiger partial charge on any atom is 0.339 e. The van der Waals surface area contributed by atoms with Gasteiger partial charge in [-0.1, -0.05) is 31.4 Å². The zero-order valence-corrected chi connectivity index (χ0v) is 12.2. The number of carbonyl (C=O) groups is 1. The summed E-state index contributed by atoms with van der Waals surface area (Å²) in [5.74, 6) is 0.853. The summed E-state index contributed by atoms with van der Waals surface area (Å²) in [7, 11) is 1.50. The minimum atomic E-state index is -0.407. The van der Waals surface area contributed by atoms with E-state index in [1.54, 1.807) is 0 Å². The highest BCUT2D eigenvalue weighted by molar-refractivity contribution is 5.84. The molecule has 1 aromatic carbocycles. The number of hydrogen-bond acceptors (Lipinski definition) is 3. The number of aryl methyl sites for hydroxylation is 1. The number of esters is 1. The van der Waals surface area contributed by atoms with Crippen molar-refractivity contribution in [3.8, 4) is 5.75 Å². The van der Waals surface area contributed by atoms with E-state index in [9.17, 15) is 4.79 Å². The minimum Gasteiger partial charge on any atom is -0.504 e. The number of methoxy groups -OCH3 is 1. The number of rotatable bonds is 4. The Morgan fingerprint density at radius 3 is 2.70 bits per heavy atom. The normalized spacial score (nSPS) is 16.3. The van der Waals surface area contributed by atoms with Gasteiger partial charge in [-0.05, 0) is 42.9 Å². The molecule has 0 saturated heterocycles. The standard InChI is InChI=1S/C17H22O3/c1-13-8-9-15(14-6-4-3-5-7-14)12-16(13)20-17(18)10-11-19-2/h8-12,14H,3-7H2,1-2H3. The molecule has 0 bridgehead atoms. The molecule has 1 aromatic rings. The molecule has 0 N–H and O–H groups in total. The number of hydrogen-bond donors (Lipinski definition) is 0. The van der Waals surface area contributed by atoms with E-state index in [0.29, 0.717) is 11.7 Å². The molecule has 1 aliphatic carbocycles. The summed E-state index contributed by atoms with van der Waals surface area (Å²) in [6.45, 7) is 1.95. The summed E-state index contributed by atoms with van der Waals surface area (Å²) >= 11 is 0. The summed E-state index contributed by atoms with van der Waals surface area (Å²) in [6, 6.07) is 6.21. The van der Waals surface area contributed by atoms with Gasteiger partial charge in [0, 0.05) is 0 Å². The van der Waals surface area contributed by atoms with Crippen LogP contribution in [0.3, 0.4) is 0 Å². The lowest BCUT2D eigenvalue weighted by Crippen LogP contribution is -2.08. The van der Waals surface area contributed by atoms with Crippen LogP contribution in [0.2, 0.25) is 0 Å². The first-order chi connectivity index (χ1) is 9.70. The predicted molar refractivity (Wildman–Crippen MR) is 78.8 cm³/mol. The largest absolute Gasteiger partial charge is 0.504 e. The van der Waals surface area contributed by atoms with E-state index in [-0.39, 0.29) is 0 Å². The second-order valence-corrected chi connectivity index (χ2v) is 5.32. The van der Waals surface area contributed by atoms with E-state index in [2.05, 4.69) is 6.07 Å². The number of carbonyl (C=O) groups excluding carboxylic acids is 1. The molecule has 1 fully saturated rings. The lowest BCUT2D eigenvalue weighted by molar-refractivity contribution is -0.129. The van der Waals surface area contributed by atoms with Crippen molar-refractivity contribution in [2.75, 3.05) is 7.11 Å². The molecule has 0 radical (unpaired) electrons. The van der Waals surface area contributed by atoms with Gasteiger partial charge in [0.1, 0.15) is 5.75 Å². The van der Waals surface area contributed by atoms with Crippen molar-refractivity contribution < 1.29 is 14.3 Å². The van der Waals surface area contributed by atoms with E-state index in [1.165, 1.54) is 57.1 Å². The van der Waals surface area contributed by atoms with E-state index < -0.39 is 5.97 Å². The lowest BCUT2D eigenvalue weighted by Gasteiger charge is -2.22. The van der Waals surface area contributed by atoms with Gasteiger partial charge in [0.2, 0.25) is 0 Å². The Bertz CT molecular complexity index is 485. The maximum atomic E-state index is 11.6. The Morgan fingerprint density at radius 1 is 1.25 bits per heavy atom. The SMILES string of the molecule is COC=CC(=O)Oc1cc(C2CCCCC2)ccc1C. The van der Waals surface area contributed by atoms with Crippen LogP contribution >= 0.6 is 0 Å². The van der Waals surface area contributed by atoms with Gasteiger partial charge in [-0.2, -0.15) is 0 Å². The van der Waals surface area contributed by atoms with Crippen LogP contribution in [0.5, 0.6) is 5.75 Å². The monoisotopic (exact) mass is 274 g/mol. The Morgan fingerprint density at radius 2 is 2.00 bits per heavy atom. The van der Waals surface area contributed by atoms with Crippen LogP contribution in [-0.4, -0.2) is 13.1 Å². The van der Waals surface area contributed by atoms with Crippen molar-refractivity contribution in [1.29, 1.82) is 0 Å². The molecule has 0 aromatic heterocycles. The number of ether oxygens (including phenoxy) is 2. The zero-order chi connectivity index (χ0) is 14.4. The molecule has 0 spiro atoms. The Kier molecular flexibility index (Phi) is 5.22. The molecule has 0 heterocycles. The number of benzene rings is 1. The third-order valence-corrected chi connectivity index (χ3v) is 3.84. The Balaban J connectivity index is 2.11. The van der Waals surface area contributed by atoms with Crippen molar-refractivity contribution in [2.24, 2.45) is 0 Å². The molecule has 0 aliphatic heterocycles. The first-order valence-electron chi connectivity index (χ1n) is 7.22. The fourth-order valence-corrected chi connectivity index (χ4v) is 2.68. The molecule has 1 aliphatic rings. The average molecular weight is 274 g/mol. The second-order valence-electron chi connectivity index (χ2n) is 5.32. The average Bonchev–Trinajstić information content (AvgIpc) is 2.48. The van der Waals surface area contributed by atoms with Crippen LogP contribution < -0.4 is 4.74 Å². The molecule has 0 unspecified atom stereocenters. The van der Waals surface area contributed by atoms with Gasteiger partial charge < -0.3 is 9.47 Å². The molecule has 2 rings (SSSR count). The van der Waals surface area contributed by atoms with Crippen molar-refractivity contribution in [3.05, 3.63) is 41.7 Å². The smallest absolute Gasteiger partial charge is 0.339 e. The topological polar surface area (TPSA) is 35.5 Å². The van der Waals surface area contributed by atoms with Crippen LogP contribution in [0, 0.1) is 6.92 Å². The van der Waals surface area contributed by atoms with Crippen molar-refractivity contribution in [2.45, 2.75) is 44.9 Å². The molecule has 20 heavy (non-hydrogen) atoms. The first-order valence-corrected chi connectivity index (χ1v) is 7.22. The predicted octanol–water partition coefficient (Wildman–Crippen LogP) is 4.11. The fourth-order valence-electron chi connectivity index (χ4n) is 2.68. The van der Waals surface area contributed by atoms with Gasteiger partial charge in [0.15, 0.2) is 0 Å². The van der Waals surface area contributed by atoms with E-state index >= 15 is 0 Å². The lowest BCUT2D eigenvalue weighted by atomic mass is 9.84. The highest BCUT2D eigenvalue weighted by atomic mass is 16.5. The molecular weight excluding hydrogens is 252 g/mol. The van der Waals surface area contributed by atoms with Crippen molar-refractivity contribution in [3.63, 3.8) is 0 Å². The quantitative estimate of drug-likeness (QED) is 0.359. The van der Waals surface area contributed by atoms with Gasteiger partial charge >= 0.3 is 5.97 Å². The molecular formula is C17H22O3. The van der Waals surface area contributed by atoms with Crippen LogP contribution in [0.25, 0.3) is 0 Å². The van der Waals surface area contributed by atoms with Crippen molar-refractivity contribution in [1.82, 2.24) is 0 Å². The van der Waals surface area contributed by atoms with E-state index in [1.807, 2.05) is 19.1 Å². The van der Waals surface area contributed by atoms with Gasteiger partial charge in [0.25, 0.3) is 0 Å². The third-order valence-electron chi connectivity index (χ3n) is 3.84. The van der Waals surface area contributed by atoms with E-state index in [4.69, 9.17) is 9.47 Å². The molecule has 0 atom stereocenters. The molecule has 3 heteroatoms. The Hall–Kier alpha value is -1.77. The van der Waals surface area contributed by atoms with E-state index in [0.717, 1.165) is 5.56 Å². The maximum absolute atomic E-state index is 11.6. The van der Waals surface area contributed by atoms with Gasteiger partial charge in [-0.3, -0.25) is 0 Å². The van der Waals surface area contributed by atoms with Crippen molar-refractivity contribution >= 4 is 5.97 Å². The summed E-state index contributed by atoms with van der Waals surface area (Å²) < 4.78 is 10.1. The summed E-state index contributed by atoms with van der Waals surface area (Å²) in [5, 5.41) is 0. The highest BCUT2D eigenvalue weighted by Crippen LogP contribution is 2.34. The molecule has 0 amide bonds. The summed E-state index contributed by atoms with van der Waals surface area (Å²) in [5.41, 5.74) is 2.26. The zero-order valence-electron chi connectivity index (χ0n) is 12.2. The summed E-state index contributed by atoms with van der Waals surface area (Å²) in [4.78, 5) is 11.6. The molecule has 1 saturated carbocycles. The Labute approximate surface area is 120 Å². The van der Waals surface area contributed by atoms with Gasteiger partial charge in [-0.25, -0.2) is 4.79 Å². The summed E-state index contributed by atoms with van der Waals surface area (Å²) in [6.07, 6.45) is 9.01. The second kappa shape index (κ2) is 7.13. The van der Waals surface area contributed by atoms with Crippen LogP contribution in [0.1, 0.15) is 49.1 Å². The first kappa shape index (κ1) is 14.6. The highest BCUT2D eigenvalue weighted by Gasteiger charge is 2.17. The fraction of sp³-hybridized carbons (Fsp3) is 0.471. The van der Waals surface area contributed by atoms with Crippen LogP contribution in [0.4, 0.5) is 0 Å². The molecule has 108 valence electrons. The van der Waals surface area contributed by atoms with Gasteiger partial charge in [-0.15, -0.1) is 0 Å². The van der Waals surface area contributed by atoms with Crippen LogP contribution in [0.15, 0.2) is 30.5 Å².